The lowest BCUT2D eigenvalue weighted by Gasteiger charge is -2.23. The van der Waals surface area contributed by atoms with E-state index >= 15 is 0 Å². The minimum absolute atomic E-state index is 0.416. The molecular weight excluding hydrogens is 224 g/mol. The first-order chi connectivity index (χ1) is 8.95. The fourth-order valence-corrected chi connectivity index (χ4v) is 3.49. The highest BCUT2D eigenvalue weighted by molar-refractivity contribution is 5.22. The van der Waals surface area contributed by atoms with E-state index < -0.39 is 0 Å². The fraction of sp³-hybridized carbons (Fsp3) is 0.800. The summed E-state index contributed by atoms with van der Waals surface area (Å²) >= 11 is 0. The fourth-order valence-electron chi connectivity index (χ4n) is 3.49. The number of aromatic nitrogens is 1. The monoisotopic (exact) mass is 248 g/mol. The van der Waals surface area contributed by atoms with Crippen molar-refractivity contribution in [1.82, 2.24) is 10.5 Å². The van der Waals surface area contributed by atoms with Crippen LogP contribution in [0.3, 0.4) is 0 Å². The van der Waals surface area contributed by atoms with E-state index in [-0.39, 0.29) is 0 Å². The second kappa shape index (κ2) is 5.87. The van der Waals surface area contributed by atoms with E-state index in [4.69, 9.17) is 4.52 Å². The molecule has 1 aliphatic carbocycles. The van der Waals surface area contributed by atoms with Crippen molar-refractivity contribution in [1.29, 1.82) is 0 Å². The van der Waals surface area contributed by atoms with E-state index in [2.05, 4.69) is 10.5 Å². The second-order valence-corrected chi connectivity index (χ2v) is 5.84. The number of hydrogen-bond acceptors (Lipinski definition) is 3. The third-order valence-electron chi connectivity index (χ3n) is 4.55. The largest absolute Gasteiger partial charge is 0.359 e. The van der Waals surface area contributed by atoms with Crippen LogP contribution in [-0.4, -0.2) is 11.7 Å². The van der Waals surface area contributed by atoms with E-state index in [9.17, 15) is 0 Å². The molecule has 3 rings (SSSR count). The van der Waals surface area contributed by atoms with E-state index in [1.807, 2.05) is 6.20 Å². The van der Waals surface area contributed by atoms with Crippen LogP contribution in [0.15, 0.2) is 10.7 Å². The van der Waals surface area contributed by atoms with Gasteiger partial charge in [-0.3, -0.25) is 0 Å². The van der Waals surface area contributed by atoms with E-state index in [0.29, 0.717) is 12.0 Å². The van der Waals surface area contributed by atoms with Crippen molar-refractivity contribution in [2.75, 3.05) is 6.54 Å². The molecule has 100 valence electrons. The summed E-state index contributed by atoms with van der Waals surface area (Å²) in [6.07, 6.45) is 14.0. The van der Waals surface area contributed by atoms with Gasteiger partial charge in [-0.1, -0.05) is 37.3 Å². The minimum atomic E-state index is 0.416. The van der Waals surface area contributed by atoms with Gasteiger partial charge in [-0.25, -0.2) is 0 Å². The van der Waals surface area contributed by atoms with Gasteiger partial charge in [-0.05, 0) is 38.1 Å². The summed E-state index contributed by atoms with van der Waals surface area (Å²) in [7, 11) is 0. The lowest BCUT2D eigenvalue weighted by molar-refractivity contribution is 0.301. The Bertz CT molecular complexity index is 360. The Morgan fingerprint density at radius 2 is 1.78 bits per heavy atom. The molecule has 1 aromatic heterocycles. The molecule has 1 aliphatic heterocycles. The Morgan fingerprint density at radius 3 is 2.50 bits per heavy atom. The van der Waals surface area contributed by atoms with Crippen LogP contribution in [0.4, 0.5) is 0 Å². The van der Waals surface area contributed by atoms with Gasteiger partial charge < -0.3 is 9.84 Å². The van der Waals surface area contributed by atoms with Crippen molar-refractivity contribution in [2.45, 2.75) is 69.7 Å². The molecule has 0 spiro atoms. The first-order valence-corrected chi connectivity index (χ1v) is 7.63. The number of rotatable bonds is 2. The lowest BCUT2D eigenvalue weighted by atomic mass is 9.89. The molecule has 0 radical (unpaired) electrons. The molecule has 1 aromatic rings. The Kier molecular flexibility index (Phi) is 3.99. The highest BCUT2D eigenvalue weighted by atomic mass is 16.5. The maximum Gasteiger partial charge on any atom is 0.157 e. The Labute approximate surface area is 109 Å². The molecule has 0 aromatic carbocycles. The zero-order valence-electron chi connectivity index (χ0n) is 11.2. The predicted octanol–water partition coefficient (Wildman–Crippen LogP) is 3.93. The molecule has 0 amide bonds. The zero-order chi connectivity index (χ0) is 12.2. The van der Waals surface area contributed by atoms with E-state index in [0.717, 1.165) is 12.3 Å². The highest BCUT2D eigenvalue weighted by Crippen LogP contribution is 2.36. The molecule has 3 nitrogen and oxygen atoms in total. The molecule has 18 heavy (non-hydrogen) atoms. The Morgan fingerprint density at radius 1 is 1.00 bits per heavy atom. The molecule has 1 saturated carbocycles. The van der Waals surface area contributed by atoms with Crippen LogP contribution in [0.5, 0.6) is 0 Å². The average molecular weight is 248 g/mol. The zero-order valence-corrected chi connectivity index (χ0v) is 11.2. The van der Waals surface area contributed by atoms with Crippen LogP contribution in [0, 0.1) is 0 Å². The van der Waals surface area contributed by atoms with Gasteiger partial charge in [-0.2, -0.15) is 0 Å². The standard InChI is InChI=1S/C15H24N2O/c1-2-4-8-12(7-3-1)13-11-17-18-15(13)14-9-5-6-10-16-14/h11-12,14,16H,1-10H2. The first-order valence-electron chi connectivity index (χ1n) is 7.63. The van der Waals surface area contributed by atoms with Crippen molar-refractivity contribution in [3.05, 3.63) is 17.5 Å². The van der Waals surface area contributed by atoms with Crippen molar-refractivity contribution < 1.29 is 4.52 Å². The van der Waals surface area contributed by atoms with Crippen molar-refractivity contribution >= 4 is 0 Å². The molecule has 2 fully saturated rings. The van der Waals surface area contributed by atoms with Crippen LogP contribution >= 0.6 is 0 Å². The summed E-state index contributed by atoms with van der Waals surface area (Å²) in [6, 6.07) is 0.416. The maximum absolute atomic E-state index is 5.59. The van der Waals surface area contributed by atoms with Gasteiger partial charge in [-0.15, -0.1) is 0 Å². The van der Waals surface area contributed by atoms with Crippen LogP contribution in [0.2, 0.25) is 0 Å². The van der Waals surface area contributed by atoms with Gasteiger partial charge in [0, 0.05) is 5.56 Å². The van der Waals surface area contributed by atoms with E-state index in [1.165, 1.54) is 63.4 Å². The summed E-state index contributed by atoms with van der Waals surface area (Å²) in [5.41, 5.74) is 1.40. The third kappa shape index (κ3) is 2.61. The van der Waals surface area contributed by atoms with Crippen LogP contribution in [0.1, 0.15) is 81.1 Å². The average Bonchev–Trinajstić information content (AvgIpc) is 2.75. The normalized spacial score (nSPS) is 27.0. The number of nitrogens with one attached hydrogen (secondary N) is 1. The quantitative estimate of drug-likeness (QED) is 0.806. The Hall–Kier alpha value is -0.830. The van der Waals surface area contributed by atoms with Gasteiger partial charge in [0.25, 0.3) is 0 Å². The molecule has 1 N–H and O–H groups in total. The predicted molar refractivity (Wildman–Crippen MR) is 71.5 cm³/mol. The molecule has 1 atom stereocenters. The summed E-state index contributed by atoms with van der Waals surface area (Å²) in [5, 5.41) is 7.67. The molecule has 2 heterocycles. The SMILES string of the molecule is c1noc(C2CCCCN2)c1C1CCCCCC1. The van der Waals surface area contributed by atoms with Gasteiger partial charge in [0.15, 0.2) is 5.76 Å². The molecule has 1 saturated heterocycles. The molecular formula is C15H24N2O. The molecule has 3 heteroatoms. The van der Waals surface area contributed by atoms with Gasteiger partial charge in [0.2, 0.25) is 0 Å². The molecule has 1 unspecified atom stereocenters. The summed E-state index contributed by atoms with van der Waals surface area (Å²) < 4.78 is 5.59. The second-order valence-electron chi connectivity index (χ2n) is 5.84. The smallest absolute Gasteiger partial charge is 0.157 e. The van der Waals surface area contributed by atoms with Crippen LogP contribution in [0.25, 0.3) is 0 Å². The summed E-state index contributed by atoms with van der Waals surface area (Å²) in [4.78, 5) is 0. The summed E-state index contributed by atoms with van der Waals surface area (Å²) in [6.45, 7) is 1.12. The minimum Gasteiger partial charge on any atom is -0.359 e. The van der Waals surface area contributed by atoms with Crippen molar-refractivity contribution in [2.24, 2.45) is 0 Å². The number of nitrogens with zero attached hydrogens (tertiary/aromatic N) is 1. The molecule has 0 bridgehead atoms. The van der Waals surface area contributed by atoms with Crippen LogP contribution in [-0.2, 0) is 0 Å². The van der Waals surface area contributed by atoms with Gasteiger partial charge >= 0.3 is 0 Å². The first kappa shape index (κ1) is 12.2. The topological polar surface area (TPSA) is 38.1 Å². The number of piperidine rings is 1. The van der Waals surface area contributed by atoms with Crippen LogP contribution < -0.4 is 5.32 Å². The molecule has 2 aliphatic rings. The van der Waals surface area contributed by atoms with Gasteiger partial charge in [0.1, 0.15) is 0 Å². The lowest BCUT2D eigenvalue weighted by Crippen LogP contribution is -2.27. The van der Waals surface area contributed by atoms with Gasteiger partial charge in [0.05, 0.1) is 12.2 Å². The van der Waals surface area contributed by atoms with Crippen molar-refractivity contribution in [3.63, 3.8) is 0 Å². The third-order valence-corrected chi connectivity index (χ3v) is 4.55. The Balaban J connectivity index is 1.76. The number of hydrogen-bond donors (Lipinski definition) is 1. The summed E-state index contributed by atoms with van der Waals surface area (Å²) in [5.74, 6) is 1.83. The maximum atomic E-state index is 5.59. The van der Waals surface area contributed by atoms with E-state index in [1.54, 1.807) is 0 Å². The highest BCUT2D eigenvalue weighted by Gasteiger charge is 2.26. The van der Waals surface area contributed by atoms with Crippen molar-refractivity contribution in [3.8, 4) is 0 Å².